The van der Waals surface area contributed by atoms with Crippen LogP contribution in [0.15, 0.2) is 54.6 Å². The van der Waals surface area contributed by atoms with Crippen LogP contribution in [0, 0.1) is 5.82 Å². The molecule has 1 heterocycles. The van der Waals surface area contributed by atoms with Crippen molar-refractivity contribution in [1.82, 2.24) is 4.90 Å². The number of hydrogen-bond acceptors (Lipinski definition) is 4. The number of nitrogens with zero attached hydrogens (tertiary/aromatic N) is 1. The number of benzene rings is 2. The smallest absolute Gasteiger partial charge is 0.326 e. The van der Waals surface area contributed by atoms with E-state index < -0.39 is 43.4 Å². The number of aryl methyl sites for hydroxylation is 1. The highest BCUT2D eigenvalue weighted by Crippen LogP contribution is 2.42. The number of aliphatic carboxylic acids is 1. The van der Waals surface area contributed by atoms with Gasteiger partial charge in [0.15, 0.2) is 11.6 Å². The number of halogens is 1. The molecule has 3 rings (SSSR count). The van der Waals surface area contributed by atoms with Crippen LogP contribution in [-0.4, -0.2) is 57.8 Å². The lowest BCUT2D eigenvalue weighted by Gasteiger charge is -2.22. The molecule has 1 aliphatic rings. The van der Waals surface area contributed by atoms with E-state index in [9.17, 15) is 28.5 Å². The zero-order valence-electron chi connectivity index (χ0n) is 17.6. The first-order valence-electron chi connectivity index (χ1n) is 10.5. The van der Waals surface area contributed by atoms with Gasteiger partial charge in [0.2, 0.25) is 13.3 Å². The Hall–Kier alpha value is -2.70. The zero-order valence-corrected chi connectivity index (χ0v) is 18.5. The number of unbranched alkanes of at least 4 members (excludes halogenated alkanes) is 1. The quantitative estimate of drug-likeness (QED) is 0.413. The molecule has 9 heteroatoms. The fraction of sp³-hybridized carbons (Fsp3) is 0.391. The van der Waals surface area contributed by atoms with Crippen LogP contribution in [0.3, 0.4) is 0 Å². The number of ether oxygens (including phenoxy) is 1. The van der Waals surface area contributed by atoms with Gasteiger partial charge in [-0.05, 0) is 37.0 Å². The van der Waals surface area contributed by atoms with E-state index >= 15 is 0 Å². The van der Waals surface area contributed by atoms with Gasteiger partial charge in [0.05, 0.1) is 6.54 Å². The second-order valence-electron chi connectivity index (χ2n) is 7.98. The maximum Gasteiger partial charge on any atom is 0.326 e. The Morgan fingerprint density at radius 3 is 2.47 bits per heavy atom. The third-order valence-corrected chi connectivity index (χ3v) is 7.23. The Morgan fingerprint density at radius 1 is 1.09 bits per heavy atom. The summed E-state index contributed by atoms with van der Waals surface area (Å²) in [5, 5.41) is 9.50. The summed E-state index contributed by atoms with van der Waals surface area (Å²) in [5.74, 6) is -2.54. The first kappa shape index (κ1) is 24.0. The molecule has 3 atom stereocenters. The van der Waals surface area contributed by atoms with Crippen LogP contribution in [0.2, 0.25) is 0 Å². The molecule has 32 heavy (non-hydrogen) atoms. The number of carbonyl (C=O) groups is 2. The molecule has 0 spiro atoms. The molecule has 2 aromatic carbocycles. The van der Waals surface area contributed by atoms with Crippen molar-refractivity contribution in [3.05, 3.63) is 66.0 Å². The Bertz CT molecular complexity index is 985. The van der Waals surface area contributed by atoms with E-state index in [0.717, 1.165) is 16.9 Å². The van der Waals surface area contributed by atoms with Crippen LogP contribution in [0.5, 0.6) is 5.75 Å². The van der Waals surface area contributed by atoms with E-state index in [-0.39, 0.29) is 24.9 Å². The highest BCUT2D eigenvalue weighted by molar-refractivity contribution is 7.58. The Labute approximate surface area is 186 Å². The van der Waals surface area contributed by atoms with Gasteiger partial charge in [-0.1, -0.05) is 42.5 Å². The maximum absolute atomic E-state index is 13.8. The van der Waals surface area contributed by atoms with Crippen LogP contribution < -0.4 is 4.74 Å². The van der Waals surface area contributed by atoms with E-state index in [1.807, 2.05) is 30.3 Å². The summed E-state index contributed by atoms with van der Waals surface area (Å²) in [5.41, 5.74) is 1.14. The van der Waals surface area contributed by atoms with E-state index in [4.69, 9.17) is 4.74 Å². The van der Waals surface area contributed by atoms with E-state index in [0.29, 0.717) is 12.8 Å². The third kappa shape index (κ3) is 6.65. The van der Waals surface area contributed by atoms with Gasteiger partial charge in [0.1, 0.15) is 18.3 Å². The SMILES string of the molecule is O=C(O)[C@@H]1CC(Oc2ccccc2F)CN1C(=O)CP(=O)(O)CCCCc1ccccc1. The summed E-state index contributed by atoms with van der Waals surface area (Å²) >= 11 is 0. The topological polar surface area (TPSA) is 104 Å². The van der Waals surface area contributed by atoms with Crippen LogP contribution in [0.1, 0.15) is 24.8 Å². The zero-order chi connectivity index (χ0) is 23.1. The van der Waals surface area contributed by atoms with Crippen molar-refractivity contribution in [2.45, 2.75) is 37.8 Å². The molecule has 0 radical (unpaired) electrons. The molecule has 7 nitrogen and oxygen atoms in total. The molecular weight excluding hydrogens is 436 g/mol. The molecule has 0 bridgehead atoms. The third-order valence-electron chi connectivity index (χ3n) is 5.45. The minimum absolute atomic E-state index is 0.00763. The van der Waals surface area contributed by atoms with Gasteiger partial charge in [0, 0.05) is 12.6 Å². The number of para-hydroxylation sites is 1. The summed E-state index contributed by atoms with van der Waals surface area (Å²) in [6.07, 6.45) is 0.598. The Kier molecular flexibility index (Phi) is 8.04. The molecule has 1 amide bonds. The number of hydrogen-bond donors (Lipinski definition) is 2. The normalized spacial score (nSPS) is 20.0. The standard InChI is InChI=1S/C23H27FNO6P/c24-19-11-4-5-12-21(19)31-18-14-20(23(27)28)25(15-18)22(26)16-32(29,30)13-7-6-10-17-8-2-1-3-9-17/h1-5,8-9,11-12,18,20H,6-7,10,13-16H2,(H,27,28)(H,29,30)/t18?,20-/m0/s1. The van der Waals surface area contributed by atoms with Gasteiger partial charge in [0.25, 0.3) is 0 Å². The molecule has 2 N–H and O–H groups in total. The lowest BCUT2D eigenvalue weighted by Crippen LogP contribution is -2.42. The van der Waals surface area contributed by atoms with Crippen molar-refractivity contribution in [3.8, 4) is 5.75 Å². The number of carboxylic acids is 1. The van der Waals surface area contributed by atoms with E-state index in [1.54, 1.807) is 6.07 Å². The first-order valence-corrected chi connectivity index (χ1v) is 12.6. The second-order valence-corrected chi connectivity index (χ2v) is 10.4. The molecule has 0 saturated carbocycles. The molecule has 172 valence electrons. The fourth-order valence-electron chi connectivity index (χ4n) is 3.83. The minimum Gasteiger partial charge on any atom is -0.485 e. The van der Waals surface area contributed by atoms with Crippen molar-refractivity contribution in [1.29, 1.82) is 0 Å². The van der Waals surface area contributed by atoms with Crippen molar-refractivity contribution in [3.63, 3.8) is 0 Å². The number of carboxylic acid groups (broad SMARTS) is 1. The molecule has 1 fully saturated rings. The Balaban J connectivity index is 1.54. The average molecular weight is 463 g/mol. The van der Waals surface area contributed by atoms with Crippen molar-refractivity contribution in [2.24, 2.45) is 0 Å². The lowest BCUT2D eigenvalue weighted by atomic mass is 10.1. The van der Waals surface area contributed by atoms with E-state index in [2.05, 4.69) is 0 Å². The first-order chi connectivity index (χ1) is 15.2. The lowest BCUT2D eigenvalue weighted by molar-refractivity contribution is -0.147. The van der Waals surface area contributed by atoms with Crippen LogP contribution in [0.4, 0.5) is 4.39 Å². The predicted octanol–water partition coefficient (Wildman–Crippen LogP) is 3.55. The van der Waals surface area contributed by atoms with Crippen molar-refractivity contribution >= 4 is 19.2 Å². The molecule has 2 unspecified atom stereocenters. The van der Waals surface area contributed by atoms with Crippen LogP contribution >= 0.6 is 7.37 Å². The summed E-state index contributed by atoms with van der Waals surface area (Å²) in [6.45, 7) is -0.0852. The number of carbonyl (C=O) groups excluding carboxylic acids is 1. The molecular formula is C23H27FNO6P. The number of amides is 1. The number of likely N-dealkylation sites (tertiary alicyclic amines) is 1. The fourth-order valence-corrected chi connectivity index (χ4v) is 5.31. The van der Waals surface area contributed by atoms with Gasteiger partial charge in [-0.15, -0.1) is 0 Å². The summed E-state index contributed by atoms with van der Waals surface area (Å²) in [6, 6.07) is 14.3. The van der Waals surface area contributed by atoms with E-state index in [1.165, 1.54) is 18.2 Å². The summed E-state index contributed by atoms with van der Waals surface area (Å²) < 4.78 is 32.0. The monoisotopic (exact) mass is 463 g/mol. The van der Waals surface area contributed by atoms with Gasteiger partial charge in [-0.3, -0.25) is 9.36 Å². The molecule has 1 saturated heterocycles. The molecule has 0 aromatic heterocycles. The summed E-state index contributed by atoms with van der Waals surface area (Å²) in [4.78, 5) is 35.7. The molecule has 2 aromatic rings. The minimum atomic E-state index is -3.76. The maximum atomic E-state index is 13.8. The number of rotatable bonds is 10. The van der Waals surface area contributed by atoms with Crippen molar-refractivity contribution < 1.29 is 33.3 Å². The summed E-state index contributed by atoms with van der Waals surface area (Å²) in [7, 11) is -3.76. The second kappa shape index (κ2) is 10.7. The van der Waals surface area contributed by atoms with Crippen LogP contribution in [0.25, 0.3) is 0 Å². The average Bonchev–Trinajstić information content (AvgIpc) is 3.18. The largest absolute Gasteiger partial charge is 0.485 e. The molecule has 1 aliphatic heterocycles. The van der Waals surface area contributed by atoms with Crippen molar-refractivity contribution in [2.75, 3.05) is 18.9 Å². The highest BCUT2D eigenvalue weighted by Gasteiger charge is 2.42. The van der Waals surface area contributed by atoms with Crippen LogP contribution in [-0.2, 0) is 20.6 Å². The molecule has 0 aliphatic carbocycles. The van der Waals surface area contributed by atoms with Gasteiger partial charge < -0.3 is 19.6 Å². The highest BCUT2D eigenvalue weighted by atomic mass is 31.2. The predicted molar refractivity (Wildman–Crippen MR) is 118 cm³/mol. The van der Waals surface area contributed by atoms with Gasteiger partial charge in [-0.25, -0.2) is 9.18 Å². The van der Waals surface area contributed by atoms with Gasteiger partial charge in [-0.2, -0.15) is 0 Å². The Morgan fingerprint density at radius 2 is 1.78 bits per heavy atom. The van der Waals surface area contributed by atoms with Gasteiger partial charge >= 0.3 is 5.97 Å².